The highest BCUT2D eigenvalue weighted by molar-refractivity contribution is 7.85. The molecule has 13 heteroatoms. The van der Waals surface area contributed by atoms with Gasteiger partial charge in [0.15, 0.2) is 0 Å². The zero-order chi connectivity index (χ0) is 30.3. The van der Waals surface area contributed by atoms with Crippen LogP contribution in [-0.2, 0) is 23.8 Å². The molecular formula is C29H40Cl2N4O6S. The van der Waals surface area contributed by atoms with E-state index >= 15 is 0 Å². The Bertz CT molecular complexity index is 1300. The smallest absolute Gasteiger partial charge is 0.305 e. The third-order valence-electron chi connectivity index (χ3n) is 7.98. The molecule has 2 atom stereocenters. The Labute approximate surface area is 258 Å². The predicted molar refractivity (Wildman–Crippen MR) is 162 cm³/mol. The number of piperazine rings is 1. The summed E-state index contributed by atoms with van der Waals surface area (Å²) in [5.41, 5.74) is 1.96. The van der Waals surface area contributed by atoms with E-state index in [0.29, 0.717) is 47.8 Å². The van der Waals surface area contributed by atoms with Gasteiger partial charge in [-0.1, -0.05) is 29.3 Å². The minimum atomic E-state index is -3.43. The van der Waals surface area contributed by atoms with Gasteiger partial charge in [0, 0.05) is 61.0 Å². The first-order valence-corrected chi connectivity index (χ1v) is 16.8. The van der Waals surface area contributed by atoms with Crippen LogP contribution in [-0.4, -0.2) is 99.5 Å². The van der Waals surface area contributed by atoms with Crippen molar-refractivity contribution in [3.05, 3.63) is 57.7 Å². The largest absolute Gasteiger partial charge is 0.469 e. The topological polar surface area (TPSA) is 102 Å². The summed E-state index contributed by atoms with van der Waals surface area (Å²) >= 11 is 13.0. The first-order valence-electron chi connectivity index (χ1n) is 14.3. The molecule has 2 fully saturated rings. The van der Waals surface area contributed by atoms with Crippen LogP contribution in [0.5, 0.6) is 5.88 Å². The first kappa shape index (κ1) is 32.9. The highest BCUT2D eigenvalue weighted by Crippen LogP contribution is 2.38. The van der Waals surface area contributed by atoms with Crippen LogP contribution in [0.25, 0.3) is 0 Å². The third-order valence-corrected chi connectivity index (χ3v) is 9.14. The van der Waals surface area contributed by atoms with Gasteiger partial charge >= 0.3 is 5.97 Å². The fraction of sp³-hybridized carbons (Fsp3) is 0.586. The van der Waals surface area contributed by atoms with Crippen LogP contribution >= 0.6 is 23.2 Å². The second-order valence-corrected chi connectivity index (χ2v) is 13.5. The molecule has 0 spiro atoms. The number of piperidine rings is 1. The van der Waals surface area contributed by atoms with E-state index in [9.17, 15) is 13.2 Å². The fourth-order valence-corrected chi connectivity index (χ4v) is 6.52. The molecule has 0 amide bonds. The van der Waals surface area contributed by atoms with Crippen LogP contribution in [0.15, 0.2) is 36.5 Å². The van der Waals surface area contributed by atoms with Gasteiger partial charge in [0.25, 0.3) is 10.1 Å². The number of pyridine rings is 1. The lowest BCUT2D eigenvalue weighted by Crippen LogP contribution is -2.50. The van der Waals surface area contributed by atoms with Gasteiger partial charge in [-0.3, -0.25) is 18.8 Å². The number of aromatic nitrogens is 1. The highest BCUT2D eigenvalue weighted by Gasteiger charge is 2.30. The number of halogens is 2. The number of esters is 1. The molecule has 0 N–H and O–H groups in total. The average Bonchev–Trinajstić information content (AvgIpc) is 2.95. The molecule has 3 heterocycles. The highest BCUT2D eigenvalue weighted by atomic mass is 35.5. The number of carbonyl (C=O) groups is 1. The Hall–Kier alpha value is -1.99. The maximum atomic E-state index is 11.8. The zero-order valence-corrected chi connectivity index (χ0v) is 26.7. The molecule has 2 aliphatic rings. The van der Waals surface area contributed by atoms with Gasteiger partial charge in [-0.15, -0.1) is 5.06 Å². The van der Waals surface area contributed by atoms with E-state index in [0.717, 1.165) is 56.4 Å². The number of likely N-dealkylation sites (tertiary alicyclic amines) is 1. The Kier molecular flexibility index (Phi) is 11.9. The van der Waals surface area contributed by atoms with Gasteiger partial charge in [-0.2, -0.15) is 8.42 Å². The van der Waals surface area contributed by atoms with Crippen molar-refractivity contribution in [2.24, 2.45) is 5.92 Å². The maximum absolute atomic E-state index is 11.8. The van der Waals surface area contributed by atoms with Crippen molar-refractivity contribution < 1.29 is 27.0 Å². The predicted octanol–water partition coefficient (Wildman–Crippen LogP) is 4.42. The van der Waals surface area contributed by atoms with Crippen molar-refractivity contribution in [2.75, 3.05) is 59.2 Å². The van der Waals surface area contributed by atoms with Crippen LogP contribution in [0.1, 0.15) is 49.8 Å². The molecule has 4 rings (SSSR count). The lowest BCUT2D eigenvalue weighted by Gasteiger charge is -2.38. The van der Waals surface area contributed by atoms with Gasteiger partial charge < -0.3 is 9.57 Å². The summed E-state index contributed by atoms with van der Waals surface area (Å²) in [5, 5.41) is 3.08. The first-order chi connectivity index (χ1) is 20.0. The summed E-state index contributed by atoms with van der Waals surface area (Å²) in [6.07, 6.45) is 5.66. The van der Waals surface area contributed by atoms with Gasteiger partial charge in [-0.25, -0.2) is 4.98 Å². The number of methoxy groups -OCH3 is 1. The summed E-state index contributed by atoms with van der Waals surface area (Å²) in [4.78, 5) is 27.2. The van der Waals surface area contributed by atoms with Crippen LogP contribution in [0, 0.1) is 5.92 Å². The van der Waals surface area contributed by atoms with E-state index in [2.05, 4.69) is 21.7 Å². The fourth-order valence-electron chi connectivity index (χ4n) is 5.61. The Morgan fingerprint density at radius 1 is 1.05 bits per heavy atom. The minimum Gasteiger partial charge on any atom is -0.469 e. The Balaban J connectivity index is 1.42. The molecule has 10 nitrogen and oxygen atoms in total. The molecule has 42 heavy (non-hydrogen) atoms. The van der Waals surface area contributed by atoms with Crippen molar-refractivity contribution in [2.45, 2.75) is 44.7 Å². The Morgan fingerprint density at radius 2 is 1.76 bits per heavy atom. The van der Waals surface area contributed by atoms with Gasteiger partial charge in [-0.05, 0) is 74.5 Å². The summed E-state index contributed by atoms with van der Waals surface area (Å²) < 4.78 is 32.2. The second kappa shape index (κ2) is 15.1. The number of ether oxygens (including phenoxy) is 1. The quantitative estimate of drug-likeness (QED) is 0.244. The van der Waals surface area contributed by atoms with Crippen molar-refractivity contribution in [1.29, 1.82) is 0 Å². The SMILES string of the molecule is COC(=O)CC1CCN(C(c2ccnc(ON3CCN(C(C)CCOS(C)(=O)=O)CC3)c2)c2ccc(Cl)cc2Cl)CC1. The summed E-state index contributed by atoms with van der Waals surface area (Å²) in [6, 6.07) is 9.60. The van der Waals surface area contributed by atoms with E-state index in [1.54, 1.807) is 12.3 Å². The van der Waals surface area contributed by atoms with Crippen molar-refractivity contribution in [3.63, 3.8) is 0 Å². The van der Waals surface area contributed by atoms with E-state index in [-0.39, 0.29) is 24.7 Å². The van der Waals surface area contributed by atoms with Gasteiger partial charge in [0.2, 0.25) is 5.88 Å². The number of nitrogens with zero attached hydrogens (tertiary/aromatic N) is 4. The second-order valence-electron chi connectivity index (χ2n) is 11.0. The number of rotatable bonds is 12. The normalized spacial score (nSPS) is 19.4. The van der Waals surface area contributed by atoms with Crippen molar-refractivity contribution in [3.8, 4) is 5.88 Å². The molecule has 2 aliphatic heterocycles. The molecule has 0 bridgehead atoms. The van der Waals surface area contributed by atoms with E-state index in [4.69, 9.17) is 37.0 Å². The number of carbonyl (C=O) groups excluding carboxylic acids is 1. The molecule has 1 aromatic carbocycles. The molecule has 0 aliphatic carbocycles. The van der Waals surface area contributed by atoms with Crippen LogP contribution < -0.4 is 4.84 Å². The number of hydroxylamine groups is 2. The van der Waals surface area contributed by atoms with Crippen LogP contribution in [0.4, 0.5) is 0 Å². The molecule has 232 valence electrons. The number of hydrogen-bond acceptors (Lipinski definition) is 10. The summed E-state index contributed by atoms with van der Waals surface area (Å²) in [5.74, 6) is 0.629. The summed E-state index contributed by atoms with van der Waals surface area (Å²) in [6.45, 7) is 6.79. The molecule has 0 radical (unpaired) electrons. The molecule has 1 aromatic heterocycles. The molecule has 2 saturated heterocycles. The monoisotopic (exact) mass is 642 g/mol. The lowest BCUT2D eigenvalue weighted by molar-refractivity contribution is -0.142. The number of benzene rings is 1. The van der Waals surface area contributed by atoms with Crippen molar-refractivity contribution in [1.82, 2.24) is 19.8 Å². The van der Waals surface area contributed by atoms with E-state index < -0.39 is 10.1 Å². The van der Waals surface area contributed by atoms with E-state index in [1.165, 1.54) is 7.11 Å². The minimum absolute atomic E-state index is 0.133. The molecular weight excluding hydrogens is 603 g/mol. The molecule has 0 saturated carbocycles. The third kappa shape index (κ3) is 9.51. The molecule has 2 aromatic rings. The lowest BCUT2D eigenvalue weighted by atomic mass is 9.90. The Morgan fingerprint density at radius 3 is 2.40 bits per heavy atom. The number of hydrogen-bond donors (Lipinski definition) is 0. The summed E-state index contributed by atoms with van der Waals surface area (Å²) in [7, 11) is -2.00. The average molecular weight is 644 g/mol. The maximum Gasteiger partial charge on any atom is 0.305 e. The van der Waals surface area contributed by atoms with Gasteiger partial charge in [0.05, 0.1) is 26.0 Å². The zero-order valence-electron chi connectivity index (χ0n) is 24.4. The van der Waals surface area contributed by atoms with Gasteiger partial charge in [0.1, 0.15) is 0 Å². The van der Waals surface area contributed by atoms with Crippen molar-refractivity contribution >= 4 is 39.3 Å². The standard InChI is InChI=1S/C29H40Cl2N4O6S/c1-21(9-17-40-42(3,37)38)33-13-15-35(16-14-33)41-27-19-23(6-10-32-27)29(25-5-4-24(30)20-26(25)31)34-11-7-22(8-12-34)18-28(36)39-2/h4-6,10,19-22,29H,7-9,11-18H2,1-3H3. The van der Waals surface area contributed by atoms with Crippen LogP contribution in [0.2, 0.25) is 10.0 Å². The molecule has 2 unspecified atom stereocenters. The van der Waals surface area contributed by atoms with E-state index in [1.807, 2.05) is 29.3 Å². The van der Waals surface area contributed by atoms with Crippen LogP contribution in [0.3, 0.4) is 0 Å².